The maximum absolute atomic E-state index is 9.17. The molecular weight excluding hydrogens is 176 g/mol. The van der Waals surface area contributed by atoms with Crippen LogP contribution in [0, 0.1) is 0 Å². The standard InChI is InChI=1S/C12H18O2/c1-3-11-9(7-13)5-6-10(8-14)12(11)4-2/h5-6,13-14H,3-4,7-8H2,1-2H3. The summed E-state index contributed by atoms with van der Waals surface area (Å²) in [5.74, 6) is 0. The molecule has 0 heterocycles. The van der Waals surface area contributed by atoms with Crippen LogP contribution in [-0.2, 0) is 26.1 Å². The fraction of sp³-hybridized carbons (Fsp3) is 0.500. The van der Waals surface area contributed by atoms with Gasteiger partial charge in [-0.05, 0) is 35.1 Å². The number of aliphatic hydroxyl groups is 2. The van der Waals surface area contributed by atoms with E-state index >= 15 is 0 Å². The number of hydrogen-bond donors (Lipinski definition) is 2. The summed E-state index contributed by atoms with van der Waals surface area (Å²) in [5, 5.41) is 18.3. The van der Waals surface area contributed by atoms with Crippen molar-refractivity contribution in [3.63, 3.8) is 0 Å². The Morgan fingerprint density at radius 2 is 1.21 bits per heavy atom. The molecule has 2 N–H and O–H groups in total. The van der Waals surface area contributed by atoms with Crippen LogP contribution in [0.4, 0.5) is 0 Å². The molecule has 0 atom stereocenters. The molecule has 2 heteroatoms. The number of benzene rings is 1. The Morgan fingerprint density at radius 1 is 0.857 bits per heavy atom. The molecule has 78 valence electrons. The van der Waals surface area contributed by atoms with E-state index in [0.29, 0.717) is 0 Å². The largest absolute Gasteiger partial charge is 0.392 e. The van der Waals surface area contributed by atoms with Gasteiger partial charge in [0.1, 0.15) is 0 Å². The normalized spacial score (nSPS) is 10.6. The fourth-order valence-electron chi connectivity index (χ4n) is 1.97. The Bertz CT molecular complexity index is 274. The van der Waals surface area contributed by atoms with Crippen LogP contribution in [0.5, 0.6) is 0 Å². The van der Waals surface area contributed by atoms with Crippen molar-refractivity contribution in [2.24, 2.45) is 0 Å². The van der Waals surface area contributed by atoms with Gasteiger partial charge in [-0.3, -0.25) is 0 Å². The van der Waals surface area contributed by atoms with E-state index in [2.05, 4.69) is 13.8 Å². The Morgan fingerprint density at radius 3 is 1.43 bits per heavy atom. The van der Waals surface area contributed by atoms with Gasteiger partial charge >= 0.3 is 0 Å². The van der Waals surface area contributed by atoms with E-state index in [0.717, 1.165) is 24.0 Å². The predicted octanol–water partition coefficient (Wildman–Crippen LogP) is 1.80. The molecule has 1 rings (SSSR count). The van der Waals surface area contributed by atoms with Crippen LogP contribution in [0.15, 0.2) is 12.1 Å². The predicted molar refractivity (Wildman–Crippen MR) is 57.0 cm³/mol. The van der Waals surface area contributed by atoms with E-state index in [1.165, 1.54) is 11.1 Å². The van der Waals surface area contributed by atoms with Crippen LogP contribution in [0.2, 0.25) is 0 Å². The number of rotatable bonds is 4. The minimum atomic E-state index is 0.0852. The molecule has 0 bridgehead atoms. The zero-order valence-corrected chi connectivity index (χ0v) is 8.88. The SMILES string of the molecule is CCc1c(CO)ccc(CO)c1CC. The number of hydrogen-bond acceptors (Lipinski definition) is 2. The van der Waals surface area contributed by atoms with E-state index in [4.69, 9.17) is 0 Å². The van der Waals surface area contributed by atoms with Gasteiger partial charge in [-0.15, -0.1) is 0 Å². The lowest BCUT2D eigenvalue weighted by Crippen LogP contribution is -2.03. The van der Waals surface area contributed by atoms with Crippen molar-refractivity contribution >= 4 is 0 Å². The van der Waals surface area contributed by atoms with E-state index in [9.17, 15) is 10.2 Å². The molecule has 0 saturated carbocycles. The Balaban J connectivity index is 3.28. The smallest absolute Gasteiger partial charge is 0.0684 e. The van der Waals surface area contributed by atoms with E-state index in [1.54, 1.807) is 0 Å². The zero-order chi connectivity index (χ0) is 10.6. The third-order valence-corrected chi connectivity index (χ3v) is 2.67. The number of aliphatic hydroxyl groups excluding tert-OH is 2. The highest BCUT2D eigenvalue weighted by Gasteiger charge is 2.09. The molecule has 14 heavy (non-hydrogen) atoms. The molecule has 0 unspecified atom stereocenters. The van der Waals surface area contributed by atoms with Gasteiger partial charge in [0, 0.05) is 0 Å². The lowest BCUT2D eigenvalue weighted by Gasteiger charge is -2.14. The van der Waals surface area contributed by atoms with Crippen molar-refractivity contribution in [3.05, 3.63) is 34.4 Å². The molecule has 0 aromatic heterocycles. The molecule has 0 aliphatic carbocycles. The quantitative estimate of drug-likeness (QED) is 0.767. The third-order valence-electron chi connectivity index (χ3n) is 2.67. The average Bonchev–Trinajstić information content (AvgIpc) is 2.26. The average molecular weight is 194 g/mol. The summed E-state index contributed by atoms with van der Waals surface area (Å²) >= 11 is 0. The molecule has 1 aromatic carbocycles. The van der Waals surface area contributed by atoms with Crippen LogP contribution in [0.1, 0.15) is 36.1 Å². The van der Waals surface area contributed by atoms with Crippen LogP contribution in [0.25, 0.3) is 0 Å². The van der Waals surface area contributed by atoms with Gasteiger partial charge in [0.2, 0.25) is 0 Å². The highest BCUT2D eigenvalue weighted by molar-refractivity contribution is 5.40. The first-order valence-corrected chi connectivity index (χ1v) is 5.12. The lowest BCUT2D eigenvalue weighted by atomic mass is 9.93. The first kappa shape index (κ1) is 11.2. The van der Waals surface area contributed by atoms with Crippen molar-refractivity contribution < 1.29 is 10.2 Å². The monoisotopic (exact) mass is 194 g/mol. The molecule has 0 aliphatic heterocycles. The van der Waals surface area contributed by atoms with E-state index < -0.39 is 0 Å². The Hall–Kier alpha value is -0.860. The van der Waals surface area contributed by atoms with Crippen molar-refractivity contribution in [1.29, 1.82) is 0 Å². The van der Waals surface area contributed by atoms with Crippen LogP contribution in [0.3, 0.4) is 0 Å². The van der Waals surface area contributed by atoms with Crippen LogP contribution < -0.4 is 0 Å². The molecule has 0 aliphatic rings. The van der Waals surface area contributed by atoms with E-state index in [-0.39, 0.29) is 13.2 Å². The topological polar surface area (TPSA) is 40.5 Å². The maximum Gasteiger partial charge on any atom is 0.0684 e. The first-order chi connectivity index (χ1) is 6.78. The van der Waals surface area contributed by atoms with Gasteiger partial charge in [0.15, 0.2) is 0 Å². The second kappa shape index (κ2) is 5.13. The molecular formula is C12H18O2. The zero-order valence-electron chi connectivity index (χ0n) is 8.88. The fourth-order valence-corrected chi connectivity index (χ4v) is 1.97. The van der Waals surface area contributed by atoms with Crippen molar-refractivity contribution in [3.8, 4) is 0 Å². The lowest BCUT2D eigenvalue weighted by molar-refractivity contribution is 0.276. The molecule has 0 amide bonds. The summed E-state index contributed by atoms with van der Waals surface area (Å²) in [6.07, 6.45) is 1.82. The van der Waals surface area contributed by atoms with Gasteiger partial charge in [-0.2, -0.15) is 0 Å². The van der Waals surface area contributed by atoms with Crippen molar-refractivity contribution in [2.75, 3.05) is 0 Å². The second-order valence-electron chi connectivity index (χ2n) is 3.36. The van der Waals surface area contributed by atoms with Crippen LogP contribution in [-0.4, -0.2) is 10.2 Å². The van der Waals surface area contributed by atoms with Crippen molar-refractivity contribution in [1.82, 2.24) is 0 Å². The Kier molecular flexibility index (Phi) is 4.11. The molecule has 1 aromatic rings. The molecule has 0 spiro atoms. The molecule has 0 fully saturated rings. The first-order valence-electron chi connectivity index (χ1n) is 5.12. The van der Waals surface area contributed by atoms with E-state index in [1.807, 2.05) is 12.1 Å². The summed E-state index contributed by atoms with van der Waals surface area (Å²) in [6.45, 7) is 4.33. The van der Waals surface area contributed by atoms with Crippen molar-refractivity contribution in [2.45, 2.75) is 39.9 Å². The highest BCUT2D eigenvalue weighted by Crippen LogP contribution is 2.21. The summed E-state index contributed by atoms with van der Waals surface area (Å²) in [7, 11) is 0. The van der Waals surface area contributed by atoms with Gasteiger partial charge in [-0.1, -0.05) is 26.0 Å². The molecule has 0 saturated heterocycles. The van der Waals surface area contributed by atoms with Gasteiger partial charge in [0.25, 0.3) is 0 Å². The summed E-state index contributed by atoms with van der Waals surface area (Å²) in [6, 6.07) is 3.81. The third kappa shape index (κ3) is 1.97. The minimum absolute atomic E-state index is 0.0852. The summed E-state index contributed by atoms with van der Waals surface area (Å²) < 4.78 is 0. The molecule has 0 radical (unpaired) electrons. The summed E-state index contributed by atoms with van der Waals surface area (Å²) in [4.78, 5) is 0. The highest BCUT2D eigenvalue weighted by atomic mass is 16.3. The minimum Gasteiger partial charge on any atom is -0.392 e. The Labute approximate surface area is 85.2 Å². The van der Waals surface area contributed by atoms with Gasteiger partial charge in [-0.25, -0.2) is 0 Å². The summed E-state index contributed by atoms with van der Waals surface area (Å²) in [5.41, 5.74) is 4.37. The second-order valence-corrected chi connectivity index (χ2v) is 3.36. The maximum atomic E-state index is 9.17. The van der Waals surface area contributed by atoms with Gasteiger partial charge in [0.05, 0.1) is 13.2 Å². The molecule has 2 nitrogen and oxygen atoms in total. The van der Waals surface area contributed by atoms with Crippen LogP contribution >= 0.6 is 0 Å². The van der Waals surface area contributed by atoms with Gasteiger partial charge < -0.3 is 10.2 Å².